The molecule has 25 heavy (non-hydrogen) atoms. The van der Waals surface area contributed by atoms with Gasteiger partial charge in [-0.25, -0.2) is 14.8 Å². The normalized spacial score (nSPS) is 10.3. The van der Waals surface area contributed by atoms with Crippen LogP contribution in [0.4, 0.5) is 5.69 Å². The summed E-state index contributed by atoms with van der Waals surface area (Å²) in [5, 5.41) is 2.79. The van der Waals surface area contributed by atoms with Crippen LogP contribution in [-0.4, -0.2) is 33.5 Å². The number of hydrogen-bond donors (Lipinski definition) is 1. The Balaban J connectivity index is 1.80. The Morgan fingerprint density at radius 1 is 1.20 bits per heavy atom. The molecule has 7 heteroatoms. The van der Waals surface area contributed by atoms with Crippen LogP contribution < -0.4 is 5.32 Å². The molecule has 0 aliphatic rings. The SMILES string of the molecule is COC(=O)c1cccc(NC(=O)c2ccc(-n3ccnc3)nc2)c1C. The number of amides is 1. The lowest BCUT2D eigenvalue weighted by Crippen LogP contribution is -2.15. The number of rotatable bonds is 4. The molecule has 0 spiro atoms. The van der Waals surface area contributed by atoms with Gasteiger partial charge in [0.25, 0.3) is 5.91 Å². The number of methoxy groups -OCH3 is 1. The van der Waals surface area contributed by atoms with Crippen LogP contribution in [0.5, 0.6) is 0 Å². The molecule has 0 saturated heterocycles. The summed E-state index contributed by atoms with van der Waals surface area (Å²) in [6.45, 7) is 1.75. The Morgan fingerprint density at radius 2 is 2.04 bits per heavy atom. The number of ether oxygens (including phenoxy) is 1. The fraction of sp³-hybridized carbons (Fsp3) is 0.111. The van der Waals surface area contributed by atoms with Crippen LogP contribution in [0.2, 0.25) is 0 Å². The zero-order chi connectivity index (χ0) is 17.8. The van der Waals surface area contributed by atoms with E-state index in [0.717, 1.165) is 0 Å². The average molecular weight is 336 g/mol. The molecule has 3 aromatic rings. The lowest BCUT2D eigenvalue weighted by Gasteiger charge is -2.11. The molecule has 1 aromatic carbocycles. The van der Waals surface area contributed by atoms with Crippen molar-refractivity contribution in [2.45, 2.75) is 6.92 Å². The van der Waals surface area contributed by atoms with Crippen molar-refractivity contribution in [3.05, 3.63) is 71.9 Å². The highest BCUT2D eigenvalue weighted by Gasteiger charge is 2.14. The van der Waals surface area contributed by atoms with Crippen LogP contribution in [0, 0.1) is 6.92 Å². The molecule has 3 rings (SSSR count). The van der Waals surface area contributed by atoms with Crippen molar-refractivity contribution in [1.82, 2.24) is 14.5 Å². The lowest BCUT2D eigenvalue weighted by atomic mass is 10.1. The van der Waals surface area contributed by atoms with Crippen molar-refractivity contribution >= 4 is 17.6 Å². The molecular formula is C18H16N4O3. The summed E-state index contributed by atoms with van der Waals surface area (Å²) >= 11 is 0. The van der Waals surface area contributed by atoms with E-state index in [2.05, 4.69) is 15.3 Å². The first-order valence-corrected chi connectivity index (χ1v) is 7.54. The van der Waals surface area contributed by atoms with Crippen molar-refractivity contribution in [3.63, 3.8) is 0 Å². The number of pyridine rings is 1. The Labute approximate surface area is 144 Å². The average Bonchev–Trinajstić information content (AvgIpc) is 3.17. The van der Waals surface area contributed by atoms with Crippen LogP contribution in [0.3, 0.4) is 0 Å². The van der Waals surface area contributed by atoms with Gasteiger partial charge >= 0.3 is 5.97 Å². The predicted octanol–water partition coefficient (Wildman–Crippen LogP) is 2.61. The molecule has 0 saturated carbocycles. The van der Waals surface area contributed by atoms with E-state index in [9.17, 15) is 9.59 Å². The summed E-state index contributed by atoms with van der Waals surface area (Å²) in [6, 6.07) is 8.48. The summed E-state index contributed by atoms with van der Waals surface area (Å²) in [5.41, 5.74) is 2.01. The second-order valence-corrected chi connectivity index (χ2v) is 5.30. The van der Waals surface area contributed by atoms with E-state index in [0.29, 0.717) is 28.2 Å². The summed E-state index contributed by atoms with van der Waals surface area (Å²) in [5.74, 6) is -0.0901. The number of carbonyl (C=O) groups excluding carboxylic acids is 2. The number of anilines is 1. The highest BCUT2D eigenvalue weighted by atomic mass is 16.5. The summed E-state index contributed by atoms with van der Waals surface area (Å²) in [4.78, 5) is 32.4. The minimum absolute atomic E-state index is 0.310. The summed E-state index contributed by atoms with van der Waals surface area (Å²) in [6.07, 6.45) is 6.54. The van der Waals surface area contributed by atoms with Gasteiger partial charge in [-0.05, 0) is 36.8 Å². The number of aromatic nitrogens is 3. The van der Waals surface area contributed by atoms with Gasteiger partial charge in [-0.15, -0.1) is 0 Å². The van der Waals surface area contributed by atoms with Crippen LogP contribution in [-0.2, 0) is 4.74 Å². The molecule has 1 amide bonds. The zero-order valence-electron chi connectivity index (χ0n) is 13.8. The van der Waals surface area contributed by atoms with Gasteiger partial charge in [-0.1, -0.05) is 6.07 Å². The molecule has 0 atom stereocenters. The van der Waals surface area contributed by atoms with E-state index in [1.54, 1.807) is 60.5 Å². The Morgan fingerprint density at radius 3 is 2.68 bits per heavy atom. The predicted molar refractivity (Wildman–Crippen MR) is 91.8 cm³/mol. The largest absolute Gasteiger partial charge is 0.465 e. The topological polar surface area (TPSA) is 86.1 Å². The first kappa shape index (κ1) is 16.4. The molecule has 0 aliphatic heterocycles. The van der Waals surface area contributed by atoms with Crippen molar-refractivity contribution in [1.29, 1.82) is 0 Å². The lowest BCUT2D eigenvalue weighted by molar-refractivity contribution is 0.0599. The monoisotopic (exact) mass is 336 g/mol. The maximum Gasteiger partial charge on any atom is 0.338 e. The molecule has 0 bridgehead atoms. The van der Waals surface area contributed by atoms with Gasteiger partial charge in [0.15, 0.2) is 0 Å². The highest BCUT2D eigenvalue weighted by Crippen LogP contribution is 2.20. The second-order valence-electron chi connectivity index (χ2n) is 5.30. The molecule has 0 aliphatic carbocycles. The van der Waals surface area contributed by atoms with Gasteiger partial charge in [-0.3, -0.25) is 9.36 Å². The van der Waals surface area contributed by atoms with Crippen LogP contribution in [0.15, 0.2) is 55.2 Å². The Hall–Kier alpha value is -3.48. The van der Waals surface area contributed by atoms with Crippen LogP contribution in [0.25, 0.3) is 5.82 Å². The van der Waals surface area contributed by atoms with E-state index in [1.165, 1.54) is 13.3 Å². The third-order valence-corrected chi connectivity index (χ3v) is 3.77. The number of nitrogens with one attached hydrogen (secondary N) is 1. The van der Waals surface area contributed by atoms with E-state index >= 15 is 0 Å². The van der Waals surface area contributed by atoms with E-state index < -0.39 is 5.97 Å². The van der Waals surface area contributed by atoms with Gasteiger partial charge in [0, 0.05) is 24.3 Å². The van der Waals surface area contributed by atoms with Crippen molar-refractivity contribution in [3.8, 4) is 5.82 Å². The molecule has 2 aromatic heterocycles. The van der Waals surface area contributed by atoms with E-state index in [-0.39, 0.29) is 5.91 Å². The fourth-order valence-corrected chi connectivity index (χ4v) is 2.36. The third-order valence-electron chi connectivity index (χ3n) is 3.77. The summed E-state index contributed by atoms with van der Waals surface area (Å²) in [7, 11) is 1.32. The summed E-state index contributed by atoms with van der Waals surface area (Å²) < 4.78 is 6.48. The maximum absolute atomic E-state index is 12.4. The Kier molecular flexibility index (Phi) is 4.56. The number of nitrogens with zero attached hydrogens (tertiary/aromatic N) is 3. The number of hydrogen-bond acceptors (Lipinski definition) is 5. The minimum atomic E-state index is -0.444. The second kappa shape index (κ2) is 6.96. The fourth-order valence-electron chi connectivity index (χ4n) is 2.36. The van der Waals surface area contributed by atoms with Gasteiger partial charge in [0.1, 0.15) is 12.1 Å². The highest BCUT2D eigenvalue weighted by molar-refractivity contribution is 6.05. The van der Waals surface area contributed by atoms with E-state index in [1.807, 2.05) is 0 Å². The molecule has 1 N–H and O–H groups in total. The molecule has 2 heterocycles. The third kappa shape index (κ3) is 3.40. The first-order valence-electron chi connectivity index (χ1n) is 7.54. The van der Waals surface area contributed by atoms with E-state index in [4.69, 9.17) is 4.74 Å². The molecule has 0 radical (unpaired) electrons. The van der Waals surface area contributed by atoms with Crippen LogP contribution in [0.1, 0.15) is 26.3 Å². The molecule has 126 valence electrons. The Bertz CT molecular complexity index is 903. The minimum Gasteiger partial charge on any atom is -0.465 e. The number of esters is 1. The first-order chi connectivity index (χ1) is 12.1. The molecule has 0 fully saturated rings. The zero-order valence-corrected chi connectivity index (χ0v) is 13.8. The van der Waals surface area contributed by atoms with Crippen LogP contribution >= 0.6 is 0 Å². The van der Waals surface area contributed by atoms with Crippen molar-refractivity contribution in [2.75, 3.05) is 12.4 Å². The molecule has 7 nitrogen and oxygen atoms in total. The number of imidazole rings is 1. The quantitative estimate of drug-likeness (QED) is 0.740. The van der Waals surface area contributed by atoms with Gasteiger partial charge in [0.05, 0.1) is 18.2 Å². The van der Waals surface area contributed by atoms with Crippen molar-refractivity contribution in [2.24, 2.45) is 0 Å². The number of benzene rings is 1. The number of carbonyl (C=O) groups is 2. The van der Waals surface area contributed by atoms with Crippen molar-refractivity contribution < 1.29 is 14.3 Å². The van der Waals surface area contributed by atoms with Gasteiger partial charge < -0.3 is 10.1 Å². The van der Waals surface area contributed by atoms with Gasteiger partial charge in [-0.2, -0.15) is 0 Å². The standard InChI is InChI=1S/C18H16N4O3/c1-12-14(18(24)25-2)4-3-5-15(12)21-17(23)13-6-7-16(20-10-13)22-9-8-19-11-22/h3-11H,1-2H3,(H,21,23). The smallest absolute Gasteiger partial charge is 0.338 e. The molecular weight excluding hydrogens is 320 g/mol. The van der Waals surface area contributed by atoms with Gasteiger partial charge in [0.2, 0.25) is 0 Å². The maximum atomic E-state index is 12.4. The molecule has 0 unspecified atom stereocenters.